The first-order chi connectivity index (χ1) is 10.8. The Morgan fingerprint density at radius 2 is 2.27 bits per heavy atom. The van der Waals surface area contributed by atoms with Crippen molar-refractivity contribution in [3.8, 4) is 17.1 Å². The van der Waals surface area contributed by atoms with Crippen LogP contribution in [0.5, 0.6) is 5.75 Å². The minimum Gasteiger partial charge on any atom is -0.490 e. The van der Waals surface area contributed by atoms with Crippen molar-refractivity contribution in [3.05, 3.63) is 29.1 Å². The lowest BCUT2D eigenvalue weighted by Gasteiger charge is -2.09. The van der Waals surface area contributed by atoms with Gasteiger partial charge in [-0.3, -0.25) is 0 Å². The van der Waals surface area contributed by atoms with Crippen molar-refractivity contribution in [1.29, 1.82) is 0 Å². The summed E-state index contributed by atoms with van der Waals surface area (Å²) in [6.07, 6.45) is 1.79. The zero-order chi connectivity index (χ0) is 15.4. The topological polar surface area (TPSA) is 66.6 Å². The first-order valence-electron chi connectivity index (χ1n) is 7.15. The molecule has 1 saturated heterocycles. The van der Waals surface area contributed by atoms with Crippen molar-refractivity contribution in [2.75, 3.05) is 26.9 Å². The van der Waals surface area contributed by atoms with Gasteiger partial charge in [0.25, 0.3) is 5.89 Å². The maximum Gasteiger partial charge on any atom is 0.256 e. The number of benzene rings is 1. The van der Waals surface area contributed by atoms with Crippen molar-refractivity contribution in [1.82, 2.24) is 10.1 Å². The Hall–Kier alpha value is -1.63. The van der Waals surface area contributed by atoms with E-state index in [2.05, 4.69) is 10.1 Å². The highest BCUT2D eigenvalue weighted by Gasteiger charge is 2.25. The molecule has 0 bridgehead atoms. The van der Waals surface area contributed by atoms with E-state index in [9.17, 15) is 0 Å². The van der Waals surface area contributed by atoms with E-state index in [4.69, 9.17) is 30.3 Å². The fraction of sp³-hybridized carbons (Fsp3) is 0.467. The molecule has 2 heterocycles. The van der Waals surface area contributed by atoms with E-state index >= 15 is 0 Å². The number of hydrogen-bond acceptors (Lipinski definition) is 6. The molecule has 1 aromatic heterocycles. The average molecular weight is 325 g/mol. The molecule has 0 spiro atoms. The summed E-state index contributed by atoms with van der Waals surface area (Å²) in [5, 5.41) is 4.61. The van der Waals surface area contributed by atoms with Gasteiger partial charge in [-0.2, -0.15) is 4.98 Å². The molecule has 1 aliphatic heterocycles. The van der Waals surface area contributed by atoms with Crippen LogP contribution in [0.25, 0.3) is 11.4 Å². The highest BCUT2D eigenvalue weighted by Crippen LogP contribution is 2.33. The maximum atomic E-state index is 6.07. The lowest BCUT2D eigenvalue weighted by Crippen LogP contribution is -2.05. The Morgan fingerprint density at radius 3 is 3.05 bits per heavy atom. The second kappa shape index (κ2) is 7.09. The zero-order valence-electron chi connectivity index (χ0n) is 12.3. The Morgan fingerprint density at radius 1 is 1.36 bits per heavy atom. The second-order valence-electron chi connectivity index (χ2n) is 4.94. The van der Waals surface area contributed by atoms with Crippen molar-refractivity contribution in [2.45, 2.75) is 18.9 Å². The molecule has 7 heteroatoms. The third kappa shape index (κ3) is 3.40. The van der Waals surface area contributed by atoms with Crippen LogP contribution in [0.2, 0.25) is 5.02 Å². The highest BCUT2D eigenvalue weighted by atomic mass is 35.5. The fourth-order valence-electron chi connectivity index (χ4n) is 2.29. The predicted octanol–water partition coefficient (Wildman–Crippen LogP) is 3.27. The molecule has 6 nitrogen and oxygen atoms in total. The van der Waals surface area contributed by atoms with Gasteiger partial charge in [0.05, 0.1) is 12.2 Å². The van der Waals surface area contributed by atoms with Gasteiger partial charge in [-0.05, 0) is 31.0 Å². The molecule has 0 radical (unpaired) electrons. The van der Waals surface area contributed by atoms with Crippen LogP contribution in [0.1, 0.15) is 24.8 Å². The largest absolute Gasteiger partial charge is 0.490 e. The van der Waals surface area contributed by atoms with Crippen molar-refractivity contribution >= 4 is 11.6 Å². The van der Waals surface area contributed by atoms with E-state index in [1.165, 1.54) is 0 Å². The third-order valence-corrected chi connectivity index (χ3v) is 3.61. The van der Waals surface area contributed by atoms with E-state index in [1.54, 1.807) is 25.3 Å². The van der Waals surface area contributed by atoms with Gasteiger partial charge in [0.2, 0.25) is 5.82 Å². The van der Waals surface area contributed by atoms with E-state index in [0.717, 1.165) is 19.4 Å². The summed E-state index contributed by atoms with van der Waals surface area (Å²) in [4.78, 5) is 4.42. The SMILES string of the molecule is COCCOc1ccc(Cl)cc1-c1noc([C@H]2CCCO2)n1. The Labute approximate surface area is 133 Å². The molecule has 1 fully saturated rings. The zero-order valence-corrected chi connectivity index (χ0v) is 13.0. The summed E-state index contributed by atoms with van der Waals surface area (Å²) >= 11 is 6.07. The third-order valence-electron chi connectivity index (χ3n) is 3.37. The molecule has 0 aliphatic carbocycles. The molecule has 0 N–H and O–H groups in total. The summed E-state index contributed by atoms with van der Waals surface area (Å²) in [6.45, 7) is 1.65. The van der Waals surface area contributed by atoms with Crippen LogP contribution in [-0.2, 0) is 9.47 Å². The van der Waals surface area contributed by atoms with Gasteiger partial charge >= 0.3 is 0 Å². The smallest absolute Gasteiger partial charge is 0.256 e. The second-order valence-corrected chi connectivity index (χ2v) is 5.38. The van der Waals surface area contributed by atoms with E-state index in [0.29, 0.717) is 41.3 Å². The molecular weight excluding hydrogens is 308 g/mol. The molecule has 22 heavy (non-hydrogen) atoms. The van der Waals surface area contributed by atoms with Gasteiger partial charge in [-0.1, -0.05) is 16.8 Å². The number of halogens is 1. The number of aromatic nitrogens is 2. The molecule has 1 aromatic carbocycles. The fourth-order valence-corrected chi connectivity index (χ4v) is 2.46. The van der Waals surface area contributed by atoms with Gasteiger partial charge in [0, 0.05) is 18.7 Å². The number of ether oxygens (including phenoxy) is 3. The molecule has 1 aliphatic rings. The van der Waals surface area contributed by atoms with Crippen molar-refractivity contribution < 1.29 is 18.7 Å². The summed E-state index contributed by atoms with van der Waals surface area (Å²) in [5.41, 5.74) is 0.691. The van der Waals surface area contributed by atoms with E-state index in [1.807, 2.05) is 0 Å². The first-order valence-corrected chi connectivity index (χ1v) is 7.52. The maximum absolute atomic E-state index is 6.07. The summed E-state index contributed by atoms with van der Waals surface area (Å²) in [5.74, 6) is 1.58. The molecule has 3 rings (SSSR count). The molecule has 118 valence electrons. The van der Waals surface area contributed by atoms with Gasteiger partial charge in [-0.25, -0.2) is 0 Å². The molecule has 2 aromatic rings. The van der Waals surface area contributed by atoms with Gasteiger partial charge in [0.15, 0.2) is 0 Å². The lowest BCUT2D eigenvalue weighted by atomic mass is 10.2. The van der Waals surface area contributed by atoms with Crippen LogP contribution in [0.4, 0.5) is 0 Å². The Bertz CT molecular complexity index is 626. The van der Waals surface area contributed by atoms with Crippen molar-refractivity contribution in [3.63, 3.8) is 0 Å². The lowest BCUT2D eigenvalue weighted by molar-refractivity contribution is 0.0835. The number of nitrogens with zero attached hydrogens (tertiary/aromatic N) is 2. The summed E-state index contributed by atoms with van der Waals surface area (Å²) < 4.78 is 21.5. The Kier molecular flexibility index (Phi) is 4.92. The Balaban J connectivity index is 1.84. The van der Waals surface area contributed by atoms with Crippen LogP contribution in [0.15, 0.2) is 22.7 Å². The summed E-state index contributed by atoms with van der Waals surface area (Å²) in [6, 6.07) is 5.30. The van der Waals surface area contributed by atoms with Crippen LogP contribution >= 0.6 is 11.6 Å². The van der Waals surface area contributed by atoms with Gasteiger partial charge in [0.1, 0.15) is 18.5 Å². The standard InChI is InChI=1S/C15H17ClN2O4/c1-19-7-8-21-12-5-4-10(16)9-11(12)14-17-15(22-18-14)13-3-2-6-20-13/h4-5,9,13H,2-3,6-8H2,1H3/t13-/m1/s1. The molecule has 0 saturated carbocycles. The minimum atomic E-state index is -0.113. The van der Waals surface area contributed by atoms with Gasteiger partial charge in [-0.15, -0.1) is 0 Å². The van der Waals surface area contributed by atoms with Crippen LogP contribution in [0, 0.1) is 0 Å². The van der Waals surface area contributed by atoms with Crippen LogP contribution < -0.4 is 4.74 Å². The van der Waals surface area contributed by atoms with Crippen molar-refractivity contribution in [2.24, 2.45) is 0 Å². The van der Waals surface area contributed by atoms with Gasteiger partial charge < -0.3 is 18.7 Å². The molecular formula is C15H17ClN2O4. The number of hydrogen-bond donors (Lipinski definition) is 0. The molecule has 0 unspecified atom stereocenters. The number of rotatable bonds is 6. The molecule has 0 amide bonds. The predicted molar refractivity (Wildman–Crippen MR) is 80.0 cm³/mol. The minimum absolute atomic E-state index is 0.113. The van der Waals surface area contributed by atoms with Crippen LogP contribution in [0.3, 0.4) is 0 Å². The quantitative estimate of drug-likeness (QED) is 0.760. The normalized spacial score (nSPS) is 17.8. The average Bonchev–Trinajstić information content (AvgIpc) is 3.20. The number of methoxy groups -OCH3 is 1. The highest BCUT2D eigenvalue weighted by molar-refractivity contribution is 6.30. The summed E-state index contributed by atoms with van der Waals surface area (Å²) in [7, 11) is 1.62. The molecule has 1 atom stereocenters. The monoisotopic (exact) mass is 324 g/mol. The van der Waals surface area contributed by atoms with E-state index in [-0.39, 0.29) is 6.10 Å². The van der Waals surface area contributed by atoms with E-state index < -0.39 is 0 Å². The van der Waals surface area contributed by atoms with Crippen LogP contribution in [-0.4, -0.2) is 37.1 Å². The first kappa shape index (κ1) is 15.3.